The van der Waals surface area contributed by atoms with E-state index in [1.54, 1.807) is 0 Å². The van der Waals surface area contributed by atoms with Crippen LogP contribution in [0, 0.1) is 0 Å². The van der Waals surface area contributed by atoms with Crippen LogP contribution < -0.4 is 4.74 Å². The van der Waals surface area contributed by atoms with E-state index >= 15 is 0 Å². The Hall–Kier alpha value is -3.06. The molecule has 26 heavy (non-hydrogen) atoms. The normalized spacial score (nSPS) is 25.4. The first-order valence-electron chi connectivity index (χ1n) is 9.20. The minimum Gasteiger partial charge on any atom is -0.488 e. The minimum atomic E-state index is -0.101. The number of benzene rings is 4. The van der Waals surface area contributed by atoms with Gasteiger partial charge in [0.1, 0.15) is 11.9 Å². The highest BCUT2D eigenvalue weighted by Gasteiger charge is 2.72. The third-order valence-corrected chi connectivity index (χ3v) is 6.13. The first-order chi connectivity index (χ1) is 12.9. The first kappa shape index (κ1) is 14.1. The molecule has 1 aliphatic heterocycles. The molecule has 1 nitrogen and oxygen atoms in total. The molecule has 0 aromatic heterocycles. The Morgan fingerprint density at radius 2 is 1.38 bits per heavy atom. The SMILES string of the molecule is c1ccc([C@]2(c3cccc4ccccc34)[C@@H]3c4ccccc4O[C@@H]32)cc1. The molecule has 3 atom stereocenters. The summed E-state index contributed by atoms with van der Waals surface area (Å²) in [6.07, 6.45) is 0.174. The fourth-order valence-corrected chi connectivity index (χ4v) is 5.03. The molecule has 1 saturated carbocycles. The summed E-state index contributed by atoms with van der Waals surface area (Å²) in [6, 6.07) is 34.8. The van der Waals surface area contributed by atoms with Crippen molar-refractivity contribution in [1.29, 1.82) is 0 Å². The van der Waals surface area contributed by atoms with Gasteiger partial charge in [-0.05, 0) is 28.0 Å². The average Bonchev–Trinajstić information content (AvgIpc) is 3.20. The van der Waals surface area contributed by atoms with Gasteiger partial charge in [-0.2, -0.15) is 0 Å². The van der Waals surface area contributed by atoms with Crippen molar-refractivity contribution in [3.8, 4) is 5.75 Å². The van der Waals surface area contributed by atoms with E-state index < -0.39 is 0 Å². The first-order valence-corrected chi connectivity index (χ1v) is 9.20. The fraction of sp³-hybridized carbons (Fsp3) is 0.120. The molecular formula is C25H18O. The summed E-state index contributed by atoms with van der Waals surface area (Å²) >= 11 is 0. The Balaban J connectivity index is 1.65. The maximum atomic E-state index is 6.45. The molecule has 6 rings (SSSR count). The zero-order valence-electron chi connectivity index (χ0n) is 14.3. The number of hydrogen-bond acceptors (Lipinski definition) is 1. The second-order valence-electron chi connectivity index (χ2n) is 7.32. The molecule has 0 bridgehead atoms. The Morgan fingerprint density at radius 1 is 0.654 bits per heavy atom. The van der Waals surface area contributed by atoms with Crippen molar-refractivity contribution < 1.29 is 4.74 Å². The molecule has 2 aliphatic rings. The molecule has 0 radical (unpaired) electrons. The van der Waals surface area contributed by atoms with Crippen LogP contribution in [0.1, 0.15) is 22.6 Å². The van der Waals surface area contributed by atoms with Crippen molar-refractivity contribution in [3.63, 3.8) is 0 Å². The van der Waals surface area contributed by atoms with Gasteiger partial charge in [-0.15, -0.1) is 0 Å². The molecule has 4 aromatic rings. The second kappa shape index (κ2) is 4.98. The van der Waals surface area contributed by atoms with Gasteiger partial charge in [0.25, 0.3) is 0 Å². The van der Waals surface area contributed by atoms with Gasteiger partial charge < -0.3 is 4.74 Å². The number of para-hydroxylation sites is 1. The summed E-state index contributed by atoms with van der Waals surface area (Å²) in [5.41, 5.74) is 3.97. The molecule has 0 spiro atoms. The van der Waals surface area contributed by atoms with E-state index in [1.807, 2.05) is 0 Å². The van der Waals surface area contributed by atoms with Crippen LogP contribution >= 0.6 is 0 Å². The van der Waals surface area contributed by atoms with Gasteiger partial charge in [-0.1, -0.05) is 91.0 Å². The smallest absolute Gasteiger partial charge is 0.123 e. The molecule has 4 aromatic carbocycles. The minimum absolute atomic E-state index is 0.101. The largest absolute Gasteiger partial charge is 0.488 e. The molecule has 1 heteroatoms. The highest BCUT2D eigenvalue weighted by Crippen LogP contribution is 2.70. The van der Waals surface area contributed by atoms with Gasteiger partial charge >= 0.3 is 0 Å². The van der Waals surface area contributed by atoms with Gasteiger partial charge in [0.2, 0.25) is 0 Å². The van der Waals surface area contributed by atoms with E-state index in [1.165, 1.54) is 27.5 Å². The molecule has 1 fully saturated rings. The van der Waals surface area contributed by atoms with E-state index in [4.69, 9.17) is 4.74 Å². The maximum Gasteiger partial charge on any atom is 0.123 e. The fourth-order valence-electron chi connectivity index (χ4n) is 5.03. The highest BCUT2D eigenvalue weighted by molar-refractivity contribution is 5.89. The zero-order chi connectivity index (χ0) is 17.1. The van der Waals surface area contributed by atoms with Gasteiger partial charge in [0, 0.05) is 11.5 Å². The lowest BCUT2D eigenvalue weighted by Gasteiger charge is -2.24. The van der Waals surface area contributed by atoms with Crippen LogP contribution in [0.5, 0.6) is 5.75 Å². The number of hydrogen-bond donors (Lipinski definition) is 0. The van der Waals surface area contributed by atoms with Crippen molar-refractivity contribution in [2.45, 2.75) is 17.4 Å². The number of rotatable bonds is 2. The Labute approximate surface area is 152 Å². The third-order valence-electron chi connectivity index (χ3n) is 6.13. The quantitative estimate of drug-likeness (QED) is 0.458. The molecular weight excluding hydrogens is 316 g/mol. The Bertz CT molecular complexity index is 1130. The van der Waals surface area contributed by atoms with E-state index in [2.05, 4.69) is 97.1 Å². The maximum absolute atomic E-state index is 6.45. The van der Waals surface area contributed by atoms with Crippen molar-refractivity contribution >= 4 is 10.8 Å². The summed E-state index contributed by atoms with van der Waals surface area (Å²) in [4.78, 5) is 0. The van der Waals surface area contributed by atoms with Crippen molar-refractivity contribution in [3.05, 3.63) is 114 Å². The summed E-state index contributed by atoms with van der Waals surface area (Å²) in [6.45, 7) is 0. The summed E-state index contributed by atoms with van der Waals surface area (Å²) in [7, 11) is 0. The number of ether oxygens (including phenoxy) is 1. The molecule has 124 valence electrons. The van der Waals surface area contributed by atoms with Crippen molar-refractivity contribution in [2.75, 3.05) is 0 Å². The second-order valence-corrected chi connectivity index (χ2v) is 7.32. The monoisotopic (exact) mass is 334 g/mol. The molecule has 1 heterocycles. The topological polar surface area (TPSA) is 9.23 Å². The van der Waals surface area contributed by atoms with Crippen molar-refractivity contribution in [1.82, 2.24) is 0 Å². The molecule has 0 unspecified atom stereocenters. The van der Waals surface area contributed by atoms with Crippen molar-refractivity contribution in [2.24, 2.45) is 0 Å². The lowest BCUT2D eigenvalue weighted by atomic mass is 9.81. The van der Waals surface area contributed by atoms with E-state index in [9.17, 15) is 0 Å². The lowest BCUT2D eigenvalue weighted by Crippen LogP contribution is -2.20. The van der Waals surface area contributed by atoms with E-state index in [0.29, 0.717) is 5.92 Å². The van der Waals surface area contributed by atoms with Crippen LogP contribution in [0.25, 0.3) is 10.8 Å². The number of fused-ring (bicyclic) bond motifs is 4. The predicted molar refractivity (Wildman–Crippen MR) is 105 cm³/mol. The molecule has 0 N–H and O–H groups in total. The van der Waals surface area contributed by atoms with Gasteiger partial charge in [-0.25, -0.2) is 0 Å². The average molecular weight is 334 g/mol. The summed E-state index contributed by atoms with van der Waals surface area (Å²) < 4.78 is 6.45. The van der Waals surface area contributed by atoms with Crippen LogP contribution in [0.2, 0.25) is 0 Å². The molecule has 0 saturated heterocycles. The van der Waals surface area contributed by atoms with Crippen LogP contribution in [-0.2, 0) is 5.41 Å². The third kappa shape index (κ3) is 1.65. The Kier molecular flexibility index (Phi) is 2.71. The standard InChI is InChI=1S/C25H18O/c1-2-11-18(12-3-1)25(21-15-8-10-17-9-4-5-13-19(17)21)23-20-14-6-7-16-22(20)26-24(23)25/h1-16,23-24H/t23-,24+,25+/m1/s1. The highest BCUT2D eigenvalue weighted by atomic mass is 16.5. The van der Waals surface area contributed by atoms with Crippen LogP contribution in [0.4, 0.5) is 0 Å². The van der Waals surface area contributed by atoms with Gasteiger partial charge in [-0.3, -0.25) is 0 Å². The zero-order valence-corrected chi connectivity index (χ0v) is 14.3. The van der Waals surface area contributed by atoms with Gasteiger partial charge in [0.05, 0.1) is 5.41 Å². The Morgan fingerprint density at radius 3 is 2.31 bits per heavy atom. The summed E-state index contributed by atoms with van der Waals surface area (Å²) in [5.74, 6) is 1.43. The van der Waals surface area contributed by atoms with Crippen LogP contribution in [-0.4, -0.2) is 6.10 Å². The molecule has 1 aliphatic carbocycles. The van der Waals surface area contributed by atoms with E-state index in [-0.39, 0.29) is 11.5 Å². The molecule has 0 amide bonds. The lowest BCUT2D eigenvalue weighted by molar-refractivity contribution is 0.293. The summed E-state index contributed by atoms with van der Waals surface area (Å²) in [5, 5.41) is 2.62. The van der Waals surface area contributed by atoms with Crippen LogP contribution in [0.15, 0.2) is 97.1 Å². The van der Waals surface area contributed by atoms with Gasteiger partial charge in [0.15, 0.2) is 0 Å². The van der Waals surface area contributed by atoms with Crippen LogP contribution in [0.3, 0.4) is 0 Å². The van der Waals surface area contributed by atoms with E-state index in [0.717, 1.165) is 5.75 Å². The predicted octanol–water partition coefficient (Wildman–Crippen LogP) is 5.68.